The molecule has 0 aliphatic heterocycles. The van der Waals surface area contributed by atoms with Crippen LogP contribution in [0.25, 0.3) is 0 Å². The summed E-state index contributed by atoms with van der Waals surface area (Å²) < 4.78 is 14.7. The molecule has 0 fully saturated rings. The third-order valence-corrected chi connectivity index (χ3v) is 4.36. The summed E-state index contributed by atoms with van der Waals surface area (Å²) in [5.41, 5.74) is 0. The number of hydrogen-bond acceptors (Lipinski definition) is 6. The Morgan fingerprint density at radius 1 is 0.615 bits per heavy atom. The summed E-state index contributed by atoms with van der Waals surface area (Å²) in [7, 11) is -4.38. The molecule has 158 valence electrons. The molecule has 0 rings (SSSR count). The van der Waals surface area contributed by atoms with Crippen molar-refractivity contribution in [2.45, 2.75) is 90.4 Å². The number of phosphoric acid groups is 1. The van der Waals surface area contributed by atoms with Crippen molar-refractivity contribution in [1.82, 2.24) is 0 Å². The Morgan fingerprint density at radius 2 is 1.00 bits per heavy atom. The molecule has 0 aromatic heterocycles. The van der Waals surface area contributed by atoms with Crippen molar-refractivity contribution in [3.8, 4) is 0 Å². The molecule has 0 heterocycles. The average molecular weight is 400 g/mol. The predicted molar refractivity (Wildman–Crippen MR) is 97.8 cm³/mol. The van der Waals surface area contributed by atoms with E-state index in [9.17, 15) is 4.57 Å². The second kappa shape index (κ2) is 19.7. The summed E-state index contributed by atoms with van der Waals surface area (Å²) in [5.74, 6) is 0. The number of unbranched alkanes of at least 4 members (excludes halogenated alkanes) is 11. The van der Waals surface area contributed by atoms with Gasteiger partial charge in [0.15, 0.2) is 0 Å². The maximum atomic E-state index is 10.4. The first-order valence-electron chi connectivity index (χ1n) is 9.84. The van der Waals surface area contributed by atoms with Gasteiger partial charge in [0, 0.05) is 0 Å². The Kier molecular flexibility index (Phi) is 19.7. The molecule has 0 amide bonds. The van der Waals surface area contributed by atoms with Crippen molar-refractivity contribution >= 4 is 7.82 Å². The molecule has 0 spiro atoms. The van der Waals surface area contributed by atoms with Crippen LogP contribution in [-0.2, 0) is 28.9 Å². The Morgan fingerprint density at radius 3 is 1.46 bits per heavy atom. The zero-order chi connectivity index (χ0) is 19.3. The van der Waals surface area contributed by atoms with Gasteiger partial charge in [-0.3, -0.25) is 4.52 Å². The van der Waals surface area contributed by atoms with E-state index in [-0.39, 0.29) is 13.2 Å². The van der Waals surface area contributed by atoms with Gasteiger partial charge in [0.1, 0.15) is 0 Å². The van der Waals surface area contributed by atoms with Gasteiger partial charge in [-0.1, -0.05) is 71.1 Å². The fraction of sp³-hybridized carbons (Fsp3) is 1.00. The van der Waals surface area contributed by atoms with Crippen LogP contribution in [0.5, 0.6) is 0 Å². The summed E-state index contributed by atoms with van der Waals surface area (Å²) in [6.07, 6.45) is 14.9. The smallest absolute Gasteiger partial charge is 0.303 e. The summed E-state index contributed by atoms with van der Waals surface area (Å²) in [6, 6.07) is 0. The van der Waals surface area contributed by atoms with Crippen LogP contribution in [0.4, 0.5) is 0 Å². The second-order valence-corrected chi connectivity index (χ2v) is 7.59. The van der Waals surface area contributed by atoms with Gasteiger partial charge in [-0.15, -0.1) is 0 Å². The van der Waals surface area contributed by atoms with Gasteiger partial charge in [0.05, 0.1) is 19.8 Å². The number of phosphoric ester groups is 1. The maximum absolute atomic E-state index is 10.4. The standard InChI is InChI=1S/C17H37O8P/c1-2-3-4-5-6-7-8-9-10-11-12-15-21-24-25-22-16-13-14-17-23-26(18,19)20/h2-17H2,1H3,(H2,18,19,20). The van der Waals surface area contributed by atoms with Gasteiger partial charge in [0.2, 0.25) is 0 Å². The minimum absolute atomic E-state index is 0.0378. The molecule has 0 saturated carbocycles. The lowest BCUT2D eigenvalue weighted by molar-refractivity contribution is -0.634. The molecule has 0 bridgehead atoms. The van der Waals surface area contributed by atoms with Crippen LogP contribution in [0.1, 0.15) is 90.4 Å². The van der Waals surface area contributed by atoms with E-state index in [0.29, 0.717) is 19.4 Å². The van der Waals surface area contributed by atoms with Gasteiger partial charge < -0.3 is 9.79 Å². The third kappa shape index (κ3) is 23.9. The second-order valence-electron chi connectivity index (χ2n) is 6.35. The lowest BCUT2D eigenvalue weighted by atomic mass is 10.1. The molecule has 0 aromatic rings. The van der Waals surface area contributed by atoms with E-state index in [2.05, 4.69) is 26.4 Å². The molecule has 0 aliphatic carbocycles. The molecule has 2 N–H and O–H groups in total. The van der Waals surface area contributed by atoms with Crippen LogP contribution < -0.4 is 0 Å². The van der Waals surface area contributed by atoms with Gasteiger partial charge >= 0.3 is 7.82 Å². The third-order valence-electron chi connectivity index (χ3n) is 3.84. The molecular formula is C17H37O8P. The fourth-order valence-corrected chi connectivity index (χ4v) is 2.75. The topological polar surface area (TPSA) is 104 Å². The minimum atomic E-state index is -4.38. The number of hydrogen-bond donors (Lipinski definition) is 2. The summed E-state index contributed by atoms with van der Waals surface area (Å²) >= 11 is 0. The Hall–Kier alpha value is -0.0500. The Labute approximate surface area is 157 Å². The quantitative estimate of drug-likeness (QED) is 0.120. The van der Waals surface area contributed by atoms with E-state index in [0.717, 1.165) is 12.8 Å². The fourth-order valence-electron chi connectivity index (χ4n) is 2.38. The molecule has 0 unspecified atom stereocenters. The number of rotatable bonds is 21. The van der Waals surface area contributed by atoms with E-state index < -0.39 is 7.82 Å². The Balaban J connectivity index is 3.02. The first kappa shape index (κ1) is 26.0. The van der Waals surface area contributed by atoms with Crippen LogP contribution in [0.3, 0.4) is 0 Å². The molecule has 0 saturated heterocycles. The van der Waals surface area contributed by atoms with E-state index in [1.807, 2.05) is 0 Å². The van der Waals surface area contributed by atoms with E-state index >= 15 is 0 Å². The minimum Gasteiger partial charge on any atom is -0.303 e. The van der Waals surface area contributed by atoms with Crippen molar-refractivity contribution in [2.24, 2.45) is 0 Å². The van der Waals surface area contributed by atoms with Gasteiger partial charge in [-0.2, -0.15) is 0 Å². The molecule has 8 nitrogen and oxygen atoms in total. The monoisotopic (exact) mass is 400 g/mol. The molecule has 9 heteroatoms. The lowest BCUT2D eigenvalue weighted by Gasteiger charge is -2.05. The average Bonchev–Trinajstić information content (AvgIpc) is 2.59. The zero-order valence-electron chi connectivity index (χ0n) is 16.1. The van der Waals surface area contributed by atoms with Gasteiger partial charge in [-0.25, -0.2) is 14.3 Å². The SMILES string of the molecule is CCCCCCCCCCCCCOOOOCCCCOP(=O)(O)O. The highest BCUT2D eigenvalue weighted by molar-refractivity contribution is 7.46. The normalized spacial score (nSPS) is 12.0. The predicted octanol–water partition coefficient (Wildman–Crippen LogP) is 5.00. The van der Waals surface area contributed by atoms with Crippen molar-refractivity contribution in [1.29, 1.82) is 0 Å². The van der Waals surface area contributed by atoms with Crippen LogP contribution in [0.2, 0.25) is 0 Å². The van der Waals surface area contributed by atoms with Gasteiger partial charge in [0.25, 0.3) is 0 Å². The van der Waals surface area contributed by atoms with Crippen LogP contribution >= 0.6 is 7.82 Å². The highest BCUT2D eigenvalue weighted by Gasteiger charge is 2.12. The van der Waals surface area contributed by atoms with Crippen molar-refractivity contribution in [3.63, 3.8) is 0 Å². The van der Waals surface area contributed by atoms with E-state index in [4.69, 9.17) is 14.7 Å². The molecule has 0 radical (unpaired) electrons. The largest absolute Gasteiger partial charge is 0.469 e. The van der Waals surface area contributed by atoms with Crippen LogP contribution in [0, 0.1) is 0 Å². The molecule has 0 aliphatic rings. The van der Waals surface area contributed by atoms with Crippen molar-refractivity contribution < 1.29 is 38.7 Å². The van der Waals surface area contributed by atoms with E-state index in [1.54, 1.807) is 0 Å². The Bertz CT molecular complexity index is 324. The van der Waals surface area contributed by atoms with Crippen molar-refractivity contribution in [3.05, 3.63) is 0 Å². The van der Waals surface area contributed by atoms with Crippen LogP contribution in [-0.4, -0.2) is 29.6 Å². The zero-order valence-corrected chi connectivity index (χ0v) is 17.0. The maximum Gasteiger partial charge on any atom is 0.469 e. The lowest BCUT2D eigenvalue weighted by Crippen LogP contribution is -2.02. The highest BCUT2D eigenvalue weighted by atomic mass is 31.2. The van der Waals surface area contributed by atoms with Gasteiger partial charge in [-0.05, 0) is 29.3 Å². The first-order chi connectivity index (χ1) is 12.6. The summed E-state index contributed by atoms with van der Waals surface area (Å²) in [4.78, 5) is 26.4. The summed E-state index contributed by atoms with van der Waals surface area (Å²) in [6.45, 7) is 2.87. The molecule has 0 aromatic carbocycles. The van der Waals surface area contributed by atoms with E-state index in [1.165, 1.54) is 57.8 Å². The van der Waals surface area contributed by atoms with Crippen molar-refractivity contribution in [2.75, 3.05) is 19.8 Å². The first-order valence-corrected chi connectivity index (χ1v) is 11.4. The molecular weight excluding hydrogens is 363 g/mol. The van der Waals surface area contributed by atoms with Crippen LogP contribution in [0.15, 0.2) is 0 Å². The summed E-state index contributed by atoms with van der Waals surface area (Å²) in [5, 5.41) is 8.77. The molecule has 26 heavy (non-hydrogen) atoms. The molecule has 0 atom stereocenters. The highest BCUT2D eigenvalue weighted by Crippen LogP contribution is 2.35.